The Morgan fingerprint density at radius 3 is 2.54 bits per heavy atom. The van der Waals surface area contributed by atoms with Crippen molar-refractivity contribution in [2.24, 2.45) is 0 Å². The van der Waals surface area contributed by atoms with Gasteiger partial charge in [-0.2, -0.15) is 0 Å². The van der Waals surface area contributed by atoms with Gasteiger partial charge < -0.3 is 14.9 Å². The van der Waals surface area contributed by atoms with Gasteiger partial charge in [-0.1, -0.05) is 18.2 Å². The van der Waals surface area contributed by atoms with Crippen molar-refractivity contribution in [1.29, 1.82) is 0 Å². The lowest BCUT2D eigenvalue weighted by Gasteiger charge is -2.27. The summed E-state index contributed by atoms with van der Waals surface area (Å²) in [5.74, 6) is -1.14. The summed E-state index contributed by atoms with van der Waals surface area (Å²) < 4.78 is 6.72. The second kappa shape index (κ2) is 6.97. The van der Waals surface area contributed by atoms with Crippen molar-refractivity contribution in [2.45, 2.75) is 0 Å². The fourth-order valence-electron chi connectivity index (χ4n) is 3.06. The number of carboxylic acid groups (broad SMARTS) is 1. The van der Waals surface area contributed by atoms with Crippen molar-refractivity contribution in [3.8, 4) is 11.5 Å². The Labute approximate surface area is 184 Å². The molecular formula is C20H8Br3O5. The van der Waals surface area contributed by atoms with Gasteiger partial charge in [0.05, 0.1) is 14.5 Å². The molecule has 0 saturated heterocycles. The third-order valence-corrected chi connectivity index (χ3v) is 6.19. The van der Waals surface area contributed by atoms with Crippen LogP contribution in [0, 0.1) is 0 Å². The van der Waals surface area contributed by atoms with Gasteiger partial charge >= 0.3 is 5.97 Å². The summed E-state index contributed by atoms with van der Waals surface area (Å²) in [5.41, 5.74) is 4.89. The fraction of sp³-hybridized carbons (Fsp3) is 0. The van der Waals surface area contributed by atoms with E-state index in [1.807, 2.05) is 0 Å². The Kier molecular flexibility index (Phi) is 4.75. The maximum Gasteiger partial charge on any atom is 0.336 e. The number of carbonyl (C=O) groups is 1. The standard InChI is InChI=1S/C20H8Br3O5/c21-12-5-10-15(7-14(12)24)28-19-11(6-13(22)18(25)17(19)23)16(10)8-3-1-2-4-9(8)20(26)27/h1-6,24H,(H,26,27). The number of benzene rings is 2. The zero-order valence-electron chi connectivity index (χ0n) is 13.7. The lowest BCUT2D eigenvalue weighted by atomic mass is 9.86. The van der Waals surface area contributed by atoms with Crippen molar-refractivity contribution >= 4 is 59.3 Å². The average molecular weight is 568 g/mol. The Bertz CT molecular complexity index is 1200. The number of allylic oxidation sites excluding steroid dienone is 1. The van der Waals surface area contributed by atoms with Gasteiger partial charge in [-0.15, -0.1) is 0 Å². The van der Waals surface area contributed by atoms with E-state index >= 15 is 0 Å². The van der Waals surface area contributed by atoms with E-state index in [9.17, 15) is 20.1 Å². The topological polar surface area (TPSA) is 86.7 Å². The van der Waals surface area contributed by atoms with Crippen molar-refractivity contribution in [3.63, 3.8) is 0 Å². The van der Waals surface area contributed by atoms with Crippen LogP contribution in [0.4, 0.5) is 0 Å². The van der Waals surface area contributed by atoms with Crippen LogP contribution in [0.5, 0.6) is 11.5 Å². The van der Waals surface area contributed by atoms with Gasteiger partial charge in [-0.25, -0.2) is 4.79 Å². The molecule has 1 aliphatic carbocycles. The van der Waals surface area contributed by atoms with Crippen molar-refractivity contribution in [2.75, 3.05) is 0 Å². The number of aromatic carboxylic acids is 1. The molecule has 0 unspecified atom stereocenters. The van der Waals surface area contributed by atoms with Crippen LogP contribution in [0.2, 0.25) is 0 Å². The maximum atomic E-state index is 12.3. The number of fused-ring (bicyclic) bond motifs is 2. The summed E-state index contributed by atoms with van der Waals surface area (Å²) in [6, 6.07) is 8.16. The van der Waals surface area contributed by atoms with Crippen molar-refractivity contribution < 1.29 is 24.9 Å². The van der Waals surface area contributed by atoms with Crippen LogP contribution in [0.25, 0.3) is 5.57 Å². The number of hydrogen-bond donors (Lipinski definition) is 2. The van der Waals surface area contributed by atoms with E-state index < -0.39 is 5.97 Å². The Hall–Kier alpha value is -2.25. The number of hydrogen-bond acceptors (Lipinski definition) is 3. The van der Waals surface area contributed by atoms with E-state index in [0.717, 1.165) is 0 Å². The molecule has 4 rings (SSSR count). The third kappa shape index (κ3) is 2.93. The fourth-order valence-corrected chi connectivity index (χ4v) is 4.59. The van der Waals surface area contributed by atoms with Gasteiger partial charge in [0.1, 0.15) is 4.47 Å². The molecule has 0 aromatic heterocycles. The van der Waals surface area contributed by atoms with Gasteiger partial charge in [0, 0.05) is 16.7 Å². The number of carboxylic acids is 1. The Balaban J connectivity index is 2.18. The molecule has 28 heavy (non-hydrogen) atoms. The molecule has 1 heterocycles. The largest absolute Gasteiger partial charge is 0.500 e. The van der Waals surface area contributed by atoms with Crippen molar-refractivity contribution in [1.82, 2.24) is 0 Å². The molecule has 2 aromatic carbocycles. The second-order valence-corrected chi connectivity index (χ2v) is 8.42. The predicted octanol–water partition coefficient (Wildman–Crippen LogP) is 6.47. The van der Waals surface area contributed by atoms with Gasteiger partial charge in [-0.05, 0) is 77.3 Å². The van der Waals surface area contributed by atoms with Gasteiger partial charge in [0.25, 0.3) is 0 Å². The molecule has 5 nitrogen and oxygen atoms in total. The number of rotatable bonds is 2. The first kappa shape index (κ1) is 19.1. The van der Waals surface area contributed by atoms with Crippen molar-refractivity contribution in [3.05, 3.63) is 89.3 Å². The predicted molar refractivity (Wildman–Crippen MR) is 112 cm³/mol. The minimum atomic E-state index is -1.09. The highest BCUT2D eigenvalue weighted by molar-refractivity contribution is 9.12. The van der Waals surface area contributed by atoms with Crippen LogP contribution in [0.3, 0.4) is 0 Å². The average Bonchev–Trinajstić information content (AvgIpc) is 2.66. The van der Waals surface area contributed by atoms with E-state index in [1.165, 1.54) is 6.07 Å². The molecule has 2 aromatic rings. The summed E-state index contributed by atoms with van der Waals surface area (Å²) in [7, 11) is 0. The zero-order chi connectivity index (χ0) is 20.2. The first-order valence-electron chi connectivity index (χ1n) is 7.81. The summed E-state index contributed by atoms with van der Waals surface area (Å²) in [5, 5.41) is 32.0. The number of aliphatic hydroxyl groups is 1. The SMILES string of the molecule is [O]c1c(Br)cc2c(c1Br)OC1=C=C(O)C(Br)=CC1=C2c1ccccc1C(=O)O. The molecule has 1 aliphatic heterocycles. The molecule has 0 spiro atoms. The van der Waals surface area contributed by atoms with Crippen LogP contribution in [0.1, 0.15) is 21.5 Å². The van der Waals surface area contributed by atoms with E-state index in [1.54, 1.807) is 30.3 Å². The highest BCUT2D eigenvalue weighted by Crippen LogP contribution is 2.51. The number of halogens is 3. The number of aliphatic hydroxyl groups excluding tert-OH is 1. The van der Waals surface area contributed by atoms with E-state index in [-0.39, 0.29) is 33.1 Å². The smallest absolute Gasteiger partial charge is 0.336 e. The first-order valence-corrected chi connectivity index (χ1v) is 10.2. The molecule has 1 radical (unpaired) electrons. The lowest BCUT2D eigenvalue weighted by molar-refractivity contribution is 0.0696. The molecule has 2 N–H and O–H groups in total. The third-order valence-electron chi connectivity index (χ3n) is 4.27. The highest BCUT2D eigenvalue weighted by Gasteiger charge is 2.32. The molecule has 0 atom stereocenters. The normalized spacial score (nSPS) is 15.0. The van der Waals surface area contributed by atoms with Crippen LogP contribution >= 0.6 is 47.8 Å². The monoisotopic (exact) mass is 565 g/mol. The first-order chi connectivity index (χ1) is 13.3. The zero-order valence-corrected chi connectivity index (χ0v) is 18.5. The van der Waals surface area contributed by atoms with Gasteiger partial charge in [0.2, 0.25) is 5.75 Å². The minimum Gasteiger partial charge on any atom is -0.500 e. The Morgan fingerprint density at radius 1 is 1.11 bits per heavy atom. The summed E-state index contributed by atoms with van der Waals surface area (Å²) in [4.78, 5) is 11.8. The van der Waals surface area contributed by atoms with Crippen LogP contribution in [-0.4, -0.2) is 16.2 Å². The molecule has 8 heteroatoms. The summed E-state index contributed by atoms with van der Waals surface area (Å²) in [6.45, 7) is 0. The quantitative estimate of drug-likeness (QED) is 0.408. The van der Waals surface area contributed by atoms with Gasteiger partial charge in [-0.3, -0.25) is 5.11 Å². The Morgan fingerprint density at radius 2 is 1.82 bits per heavy atom. The molecule has 2 aliphatic rings. The molecule has 0 amide bonds. The van der Waals surface area contributed by atoms with Crippen LogP contribution < -0.4 is 4.74 Å². The summed E-state index contributed by atoms with van der Waals surface area (Å²) >= 11 is 9.79. The number of ether oxygens (including phenoxy) is 1. The van der Waals surface area contributed by atoms with E-state index in [4.69, 9.17) is 4.74 Å². The maximum absolute atomic E-state index is 12.3. The molecule has 0 fully saturated rings. The lowest BCUT2D eigenvalue weighted by Crippen LogP contribution is -2.14. The molecule has 139 valence electrons. The highest BCUT2D eigenvalue weighted by atomic mass is 79.9. The minimum absolute atomic E-state index is 0.0962. The molecule has 0 saturated carbocycles. The van der Waals surface area contributed by atoms with Crippen LogP contribution in [0.15, 0.2) is 72.7 Å². The second-order valence-electron chi connectivity index (χ2n) is 5.91. The van der Waals surface area contributed by atoms with Gasteiger partial charge in [0.15, 0.2) is 17.3 Å². The van der Waals surface area contributed by atoms with Crippen LogP contribution in [-0.2, 0) is 5.11 Å². The molecule has 0 bridgehead atoms. The van der Waals surface area contributed by atoms with E-state index in [0.29, 0.717) is 31.2 Å². The summed E-state index contributed by atoms with van der Waals surface area (Å²) in [6.07, 6.45) is 1.63. The van der Waals surface area contributed by atoms with E-state index in [2.05, 4.69) is 53.5 Å². The molecular weight excluding hydrogens is 560 g/mol.